The van der Waals surface area contributed by atoms with Gasteiger partial charge in [0.05, 0.1) is 5.92 Å². The fourth-order valence-electron chi connectivity index (χ4n) is 4.17. The molecule has 162 valence electrons. The first kappa shape index (κ1) is 25.0. The van der Waals surface area contributed by atoms with E-state index in [0.717, 1.165) is 6.42 Å². The summed E-state index contributed by atoms with van der Waals surface area (Å²) in [4.78, 5) is 37.5. The second-order valence-electron chi connectivity index (χ2n) is 8.34. The van der Waals surface area contributed by atoms with E-state index in [1.807, 2.05) is 20.8 Å². The zero-order valence-electron chi connectivity index (χ0n) is 17.9. The summed E-state index contributed by atoms with van der Waals surface area (Å²) >= 11 is 4.43. The van der Waals surface area contributed by atoms with E-state index in [1.165, 1.54) is 0 Å². The molecule has 1 aliphatic rings. The number of esters is 2. The van der Waals surface area contributed by atoms with Crippen molar-refractivity contribution in [2.24, 2.45) is 23.7 Å². The number of thiol groups is 1. The first-order valence-electron chi connectivity index (χ1n) is 10.3. The first-order chi connectivity index (χ1) is 13.0. The van der Waals surface area contributed by atoms with Crippen LogP contribution in [0.15, 0.2) is 0 Å². The quantitative estimate of drug-likeness (QED) is 0.397. The van der Waals surface area contributed by atoms with Crippen LogP contribution in [-0.4, -0.2) is 46.4 Å². The first-order valence-corrected chi connectivity index (χ1v) is 10.8. The summed E-state index contributed by atoms with van der Waals surface area (Å²) in [6, 6.07) is 0. The van der Waals surface area contributed by atoms with Crippen molar-refractivity contribution in [1.29, 1.82) is 0 Å². The molecule has 0 bridgehead atoms. The number of hydrogen-bond acceptors (Lipinski definition) is 7. The standard InChI is InChI=1S/C21H36O6S/c1-7-9-15(23)14(5)17-18(28)20(25)27-21(17,6)16(8-2)26-19(24)13(4)10-12(3)11-22/h12-14,16-18,22,28H,7-11H2,1-6H3/t12-,13?,14?,16+,17?,18?,21+/m0/s1. The van der Waals surface area contributed by atoms with E-state index in [1.54, 1.807) is 20.8 Å². The molecule has 0 aromatic heterocycles. The van der Waals surface area contributed by atoms with Gasteiger partial charge in [0.1, 0.15) is 17.1 Å². The molecule has 0 saturated carbocycles. The normalized spacial score (nSPS) is 28.9. The van der Waals surface area contributed by atoms with Gasteiger partial charge in [0.15, 0.2) is 5.60 Å². The number of Topliss-reactive ketones (excluding diaryl/α,β-unsaturated/α-hetero) is 1. The minimum atomic E-state index is -1.11. The minimum absolute atomic E-state index is 0.00458. The Morgan fingerprint density at radius 3 is 2.39 bits per heavy atom. The lowest BCUT2D eigenvalue weighted by Crippen LogP contribution is -2.51. The van der Waals surface area contributed by atoms with Crippen molar-refractivity contribution in [3.8, 4) is 0 Å². The molecule has 0 spiro atoms. The Labute approximate surface area is 174 Å². The maximum absolute atomic E-state index is 12.6. The van der Waals surface area contributed by atoms with Crippen LogP contribution in [0.5, 0.6) is 0 Å². The van der Waals surface area contributed by atoms with Crippen molar-refractivity contribution < 1.29 is 29.0 Å². The molecule has 7 heteroatoms. The number of hydrogen-bond donors (Lipinski definition) is 2. The van der Waals surface area contributed by atoms with Crippen LogP contribution in [0, 0.1) is 23.7 Å². The van der Waals surface area contributed by atoms with Gasteiger partial charge in [-0.2, -0.15) is 12.6 Å². The van der Waals surface area contributed by atoms with Crippen LogP contribution >= 0.6 is 12.6 Å². The van der Waals surface area contributed by atoms with Crippen molar-refractivity contribution in [3.63, 3.8) is 0 Å². The number of carbonyl (C=O) groups is 3. The molecule has 0 amide bonds. The monoisotopic (exact) mass is 416 g/mol. The van der Waals surface area contributed by atoms with E-state index in [4.69, 9.17) is 9.47 Å². The van der Waals surface area contributed by atoms with E-state index < -0.39 is 40.7 Å². The molecule has 1 N–H and O–H groups in total. The average molecular weight is 417 g/mol. The molecule has 0 radical (unpaired) electrons. The molecular formula is C21H36O6S. The molecule has 28 heavy (non-hydrogen) atoms. The van der Waals surface area contributed by atoms with Gasteiger partial charge in [-0.05, 0) is 32.1 Å². The Morgan fingerprint density at radius 1 is 1.29 bits per heavy atom. The number of rotatable bonds is 11. The highest BCUT2D eigenvalue weighted by Gasteiger charge is 2.59. The van der Waals surface area contributed by atoms with Crippen LogP contribution in [0.25, 0.3) is 0 Å². The topological polar surface area (TPSA) is 89.9 Å². The van der Waals surface area contributed by atoms with Gasteiger partial charge in [-0.3, -0.25) is 14.4 Å². The summed E-state index contributed by atoms with van der Waals surface area (Å²) in [6.45, 7) is 11.0. The zero-order valence-corrected chi connectivity index (χ0v) is 18.8. The zero-order chi connectivity index (χ0) is 21.6. The van der Waals surface area contributed by atoms with Gasteiger partial charge >= 0.3 is 11.9 Å². The number of carbonyl (C=O) groups excluding carboxylic acids is 3. The van der Waals surface area contributed by atoms with Gasteiger partial charge in [0, 0.05) is 24.9 Å². The largest absolute Gasteiger partial charge is 0.458 e. The Morgan fingerprint density at radius 2 is 1.89 bits per heavy atom. The minimum Gasteiger partial charge on any atom is -0.458 e. The van der Waals surface area contributed by atoms with E-state index >= 15 is 0 Å². The molecule has 0 aliphatic carbocycles. The third kappa shape index (κ3) is 5.50. The van der Waals surface area contributed by atoms with Gasteiger partial charge in [-0.15, -0.1) is 0 Å². The molecular weight excluding hydrogens is 380 g/mol. The Bertz CT molecular complexity index is 565. The number of aliphatic hydroxyl groups is 1. The summed E-state index contributed by atoms with van der Waals surface area (Å²) in [6.07, 6.45) is 1.44. The van der Waals surface area contributed by atoms with E-state index in [-0.39, 0.29) is 24.2 Å². The summed E-state index contributed by atoms with van der Waals surface area (Å²) in [5.41, 5.74) is -1.11. The van der Waals surface area contributed by atoms with Crippen LogP contribution in [0.2, 0.25) is 0 Å². The summed E-state index contributed by atoms with van der Waals surface area (Å²) in [5, 5.41) is 8.47. The van der Waals surface area contributed by atoms with Crippen molar-refractivity contribution in [2.45, 2.75) is 84.2 Å². The van der Waals surface area contributed by atoms with Crippen LogP contribution in [-0.2, 0) is 23.9 Å². The molecule has 1 fully saturated rings. The lowest BCUT2D eigenvalue weighted by molar-refractivity contribution is -0.182. The number of ether oxygens (including phenoxy) is 2. The molecule has 7 atom stereocenters. The SMILES string of the molecule is CCCC(=O)C(C)C1C(S)C(=O)O[C@]1(C)[C@@H](CC)OC(=O)C(C)C[C@H](C)CO. The highest BCUT2D eigenvalue weighted by molar-refractivity contribution is 7.81. The summed E-state index contributed by atoms with van der Waals surface area (Å²) < 4.78 is 11.4. The molecule has 0 aromatic carbocycles. The van der Waals surface area contributed by atoms with Gasteiger partial charge < -0.3 is 14.6 Å². The molecule has 4 unspecified atom stereocenters. The Balaban J connectivity index is 3.06. The highest BCUT2D eigenvalue weighted by atomic mass is 32.1. The molecule has 1 aliphatic heterocycles. The second kappa shape index (κ2) is 10.6. The number of ketones is 1. The van der Waals surface area contributed by atoms with E-state index in [0.29, 0.717) is 19.3 Å². The molecule has 1 heterocycles. The van der Waals surface area contributed by atoms with Crippen LogP contribution in [0.1, 0.15) is 67.2 Å². The van der Waals surface area contributed by atoms with Gasteiger partial charge in [0.2, 0.25) is 0 Å². The van der Waals surface area contributed by atoms with Gasteiger partial charge in [-0.25, -0.2) is 0 Å². The maximum atomic E-state index is 12.6. The van der Waals surface area contributed by atoms with Crippen LogP contribution < -0.4 is 0 Å². The highest BCUT2D eigenvalue weighted by Crippen LogP contribution is 2.45. The molecule has 6 nitrogen and oxygen atoms in total. The number of cyclic esters (lactones) is 1. The van der Waals surface area contributed by atoms with Crippen LogP contribution in [0.3, 0.4) is 0 Å². The van der Waals surface area contributed by atoms with E-state index in [9.17, 15) is 19.5 Å². The number of aliphatic hydroxyl groups excluding tert-OH is 1. The maximum Gasteiger partial charge on any atom is 0.319 e. The van der Waals surface area contributed by atoms with Crippen molar-refractivity contribution in [3.05, 3.63) is 0 Å². The predicted molar refractivity (Wildman–Crippen MR) is 110 cm³/mol. The second-order valence-corrected chi connectivity index (χ2v) is 8.90. The van der Waals surface area contributed by atoms with Crippen LogP contribution in [0.4, 0.5) is 0 Å². The summed E-state index contributed by atoms with van der Waals surface area (Å²) in [5.74, 6) is -2.13. The molecule has 1 saturated heterocycles. The fraction of sp³-hybridized carbons (Fsp3) is 0.857. The lowest BCUT2D eigenvalue weighted by Gasteiger charge is -2.39. The Kier molecular flexibility index (Phi) is 9.47. The Hall–Kier alpha value is -1.08. The fourth-order valence-corrected chi connectivity index (χ4v) is 4.77. The lowest BCUT2D eigenvalue weighted by atomic mass is 9.73. The third-order valence-corrected chi connectivity index (χ3v) is 6.38. The molecule has 0 aromatic rings. The van der Waals surface area contributed by atoms with Gasteiger partial charge in [0.25, 0.3) is 0 Å². The summed E-state index contributed by atoms with van der Waals surface area (Å²) in [7, 11) is 0. The van der Waals surface area contributed by atoms with Crippen molar-refractivity contribution in [1.82, 2.24) is 0 Å². The third-order valence-electron chi connectivity index (χ3n) is 5.85. The van der Waals surface area contributed by atoms with Gasteiger partial charge in [-0.1, -0.05) is 34.6 Å². The predicted octanol–water partition coefficient (Wildman–Crippen LogP) is 3.20. The molecule has 1 rings (SSSR count). The van der Waals surface area contributed by atoms with E-state index in [2.05, 4.69) is 12.6 Å². The van der Waals surface area contributed by atoms with Crippen molar-refractivity contribution in [2.75, 3.05) is 6.61 Å². The van der Waals surface area contributed by atoms with Crippen molar-refractivity contribution >= 4 is 30.4 Å². The smallest absolute Gasteiger partial charge is 0.319 e. The average Bonchev–Trinajstić information content (AvgIpc) is 2.88.